The minimum atomic E-state index is -0.260. The zero-order valence-electron chi connectivity index (χ0n) is 14.5. The van der Waals surface area contributed by atoms with E-state index < -0.39 is 0 Å². The molecule has 0 aromatic carbocycles. The fourth-order valence-electron chi connectivity index (χ4n) is 2.82. The van der Waals surface area contributed by atoms with E-state index in [1.54, 1.807) is 6.20 Å². The molecule has 0 atom stereocenters. The summed E-state index contributed by atoms with van der Waals surface area (Å²) in [7, 11) is 0. The predicted molar refractivity (Wildman–Crippen MR) is 92.1 cm³/mol. The van der Waals surface area contributed by atoms with E-state index in [2.05, 4.69) is 20.8 Å². The Morgan fingerprint density at radius 3 is 2.84 bits per heavy atom. The van der Waals surface area contributed by atoms with Crippen molar-refractivity contribution in [2.75, 3.05) is 0 Å². The Morgan fingerprint density at radius 1 is 1.28 bits per heavy atom. The molecule has 2 heterocycles. The van der Waals surface area contributed by atoms with E-state index in [1.807, 2.05) is 25.1 Å². The summed E-state index contributed by atoms with van der Waals surface area (Å²) in [5.41, 5.74) is 1.83. The maximum atomic E-state index is 11.9. The molecular formula is C18H24N4O3. The van der Waals surface area contributed by atoms with Gasteiger partial charge in [0.25, 0.3) is 0 Å². The minimum Gasteiger partial charge on any atom is -0.474 e. The first-order chi connectivity index (χ1) is 12.2. The summed E-state index contributed by atoms with van der Waals surface area (Å²) in [6.07, 6.45) is 7.41. The molecule has 1 fully saturated rings. The van der Waals surface area contributed by atoms with Crippen molar-refractivity contribution in [3.05, 3.63) is 41.4 Å². The number of urea groups is 1. The maximum absolute atomic E-state index is 11.9. The number of rotatable bonds is 7. The molecule has 2 N–H and O–H groups in total. The fraction of sp³-hybridized carbons (Fsp3) is 0.500. The van der Waals surface area contributed by atoms with Gasteiger partial charge in [0.05, 0.1) is 12.2 Å². The van der Waals surface area contributed by atoms with Gasteiger partial charge < -0.3 is 19.9 Å². The van der Waals surface area contributed by atoms with Crippen molar-refractivity contribution < 1.29 is 14.1 Å². The van der Waals surface area contributed by atoms with Crippen molar-refractivity contribution in [2.24, 2.45) is 0 Å². The van der Waals surface area contributed by atoms with Crippen LogP contribution in [0.4, 0.5) is 4.79 Å². The first-order valence-corrected chi connectivity index (χ1v) is 8.80. The highest BCUT2D eigenvalue weighted by Crippen LogP contribution is 2.23. The first-order valence-electron chi connectivity index (χ1n) is 8.80. The molecule has 1 aliphatic rings. The Kier molecular flexibility index (Phi) is 5.87. The number of pyridine rings is 1. The summed E-state index contributed by atoms with van der Waals surface area (Å²) >= 11 is 0. The first kappa shape index (κ1) is 17.3. The summed E-state index contributed by atoms with van der Waals surface area (Å²) in [5, 5.41) is 9.46. The van der Waals surface area contributed by atoms with Gasteiger partial charge in [-0.15, -0.1) is 0 Å². The molecular weight excluding hydrogens is 320 g/mol. The molecule has 7 nitrogen and oxygen atoms in total. The summed E-state index contributed by atoms with van der Waals surface area (Å²) in [6.45, 7) is 2.72. The van der Waals surface area contributed by atoms with Crippen molar-refractivity contribution in [2.45, 2.75) is 58.2 Å². The van der Waals surface area contributed by atoms with Crippen LogP contribution in [0.5, 0.6) is 5.88 Å². The Labute approximate surface area is 147 Å². The number of hydrogen-bond donors (Lipinski definition) is 2. The number of carbonyl (C=O) groups excluding carboxylic acids is 1. The number of hydrogen-bond acceptors (Lipinski definition) is 5. The number of nitrogens with one attached hydrogen (secondary N) is 2. The van der Waals surface area contributed by atoms with Gasteiger partial charge in [-0.05, 0) is 43.7 Å². The lowest BCUT2D eigenvalue weighted by atomic mass is 10.2. The Bertz CT molecular complexity index is 695. The lowest BCUT2D eigenvalue weighted by molar-refractivity contribution is 0.201. The molecule has 0 bridgehead atoms. The van der Waals surface area contributed by atoms with Crippen LogP contribution in [0.25, 0.3) is 0 Å². The molecule has 7 heteroatoms. The Morgan fingerprint density at radius 2 is 2.08 bits per heavy atom. The second kappa shape index (κ2) is 8.50. The van der Waals surface area contributed by atoms with Crippen molar-refractivity contribution >= 4 is 6.03 Å². The van der Waals surface area contributed by atoms with E-state index in [0.717, 1.165) is 30.5 Å². The maximum Gasteiger partial charge on any atom is 0.315 e. The molecule has 0 radical (unpaired) electrons. The third kappa shape index (κ3) is 5.20. The van der Waals surface area contributed by atoms with Crippen LogP contribution >= 0.6 is 0 Å². The standard InChI is InChI=1S/C18H24N4O3/c1-2-14-10-16(25-22-14)12-21-18(23)20-11-13-7-8-19-17(9-13)24-15-5-3-4-6-15/h7-10,15H,2-6,11-12H2,1H3,(H2,20,21,23). The lowest BCUT2D eigenvalue weighted by Gasteiger charge is -2.13. The van der Waals surface area contributed by atoms with Crippen molar-refractivity contribution in [1.82, 2.24) is 20.8 Å². The monoisotopic (exact) mass is 344 g/mol. The Balaban J connectivity index is 1.43. The average molecular weight is 344 g/mol. The molecule has 25 heavy (non-hydrogen) atoms. The van der Waals surface area contributed by atoms with Crippen LogP contribution in [0, 0.1) is 0 Å². The molecule has 0 aliphatic heterocycles. The minimum absolute atomic E-state index is 0.260. The van der Waals surface area contributed by atoms with Gasteiger partial charge in [0, 0.05) is 24.9 Å². The smallest absolute Gasteiger partial charge is 0.315 e. The number of aryl methyl sites for hydroxylation is 1. The highest BCUT2D eigenvalue weighted by molar-refractivity contribution is 5.73. The molecule has 1 aliphatic carbocycles. The van der Waals surface area contributed by atoms with Crippen molar-refractivity contribution in [3.8, 4) is 5.88 Å². The number of ether oxygens (including phenoxy) is 1. The third-order valence-electron chi connectivity index (χ3n) is 4.24. The highest BCUT2D eigenvalue weighted by Gasteiger charge is 2.17. The van der Waals surface area contributed by atoms with Gasteiger partial charge in [0.2, 0.25) is 5.88 Å². The highest BCUT2D eigenvalue weighted by atomic mass is 16.5. The van der Waals surface area contributed by atoms with E-state index in [9.17, 15) is 4.79 Å². The average Bonchev–Trinajstić information content (AvgIpc) is 3.30. The molecule has 1 saturated carbocycles. The topological polar surface area (TPSA) is 89.3 Å². The van der Waals surface area contributed by atoms with Gasteiger partial charge >= 0.3 is 6.03 Å². The van der Waals surface area contributed by atoms with Gasteiger partial charge in [-0.25, -0.2) is 9.78 Å². The largest absolute Gasteiger partial charge is 0.474 e. The zero-order valence-corrected chi connectivity index (χ0v) is 14.5. The van der Waals surface area contributed by atoms with Crippen LogP contribution in [0.15, 0.2) is 28.9 Å². The second-order valence-corrected chi connectivity index (χ2v) is 6.20. The number of nitrogens with zero attached hydrogens (tertiary/aromatic N) is 2. The summed E-state index contributed by atoms with van der Waals surface area (Å²) in [4.78, 5) is 16.1. The summed E-state index contributed by atoms with van der Waals surface area (Å²) < 4.78 is 11.0. The van der Waals surface area contributed by atoms with E-state index in [0.29, 0.717) is 24.7 Å². The van der Waals surface area contributed by atoms with Crippen molar-refractivity contribution in [3.63, 3.8) is 0 Å². The molecule has 2 aromatic heterocycles. The molecule has 2 aromatic rings. The zero-order chi connectivity index (χ0) is 17.5. The third-order valence-corrected chi connectivity index (χ3v) is 4.24. The van der Waals surface area contributed by atoms with E-state index in [4.69, 9.17) is 9.26 Å². The van der Waals surface area contributed by atoms with Crippen molar-refractivity contribution in [1.29, 1.82) is 0 Å². The quantitative estimate of drug-likeness (QED) is 0.806. The number of carbonyl (C=O) groups is 1. The van der Waals surface area contributed by atoms with Gasteiger partial charge in [-0.2, -0.15) is 0 Å². The van der Waals surface area contributed by atoms with Gasteiger partial charge in [0.15, 0.2) is 5.76 Å². The summed E-state index contributed by atoms with van der Waals surface area (Å²) in [6, 6.07) is 5.33. The predicted octanol–water partition coefficient (Wildman–Crippen LogP) is 2.95. The fourth-order valence-corrected chi connectivity index (χ4v) is 2.82. The molecule has 3 rings (SSSR count). The molecule has 2 amide bonds. The Hall–Kier alpha value is -2.57. The normalized spacial score (nSPS) is 14.4. The van der Waals surface area contributed by atoms with Crippen LogP contribution < -0.4 is 15.4 Å². The molecule has 0 unspecified atom stereocenters. The summed E-state index contributed by atoms with van der Waals surface area (Å²) in [5.74, 6) is 1.27. The van der Waals surface area contributed by atoms with E-state index in [-0.39, 0.29) is 12.1 Å². The van der Waals surface area contributed by atoms with Gasteiger partial charge in [-0.3, -0.25) is 0 Å². The van der Waals surface area contributed by atoms with Crippen LogP contribution in [-0.4, -0.2) is 22.3 Å². The molecule has 0 saturated heterocycles. The second-order valence-electron chi connectivity index (χ2n) is 6.20. The SMILES string of the molecule is CCc1cc(CNC(=O)NCc2ccnc(OC3CCCC3)c2)on1. The van der Waals surface area contributed by atoms with Gasteiger partial charge in [0.1, 0.15) is 6.10 Å². The van der Waals surface area contributed by atoms with Crippen LogP contribution in [0.3, 0.4) is 0 Å². The van der Waals surface area contributed by atoms with Crippen LogP contribution in [-0.2, 0) is 19.5 Å². The van der Waals surface area contributed by atoms with Crippen LogP contribution in [0.2, 0.25) is 0 Å². The number of amides is 2. The van der Waals surface area contributed by atoms with E-state index >= 15 is 0 Å². The number of aromatic nitrogens is 2. The molecule has 0 spiro atoms. The van der Waals surface area contributed by atoms with Crippen LogP contribution in [0.1, 0.15) is 49.6 Å². The lowest BCUT2D eigenvalue weighted by Crippen LogP contribution is -2.34. The van der Waals surface area contributed by atoms with Gasteiger partial charge in [-0.1, -0.05) is 12.1 Å². The molecule has 134 valence electrons. The van der Waals surface area contributed by atoms with E-state index in [1.165, 1.54) is 12.8 Å².